The number of aliphatic carboxylic acids is 1. The zero-order valence-electron chi connectivity index (χ0n) is 17.3. The number of aromatic nitrogens is 2. The van der Waals surface area contributed by atoms with Crippen LogP contribution in [0.2, 0.25) is 0 Å². The molecule has 33 heavy (non-hydrogen) atoms. The van der Waals surface area contributed by atoms with E-state index in [1.807, 2.05) is 30.3 Å². The number of hydrogen-bond acceptors (Lipinski definition) is 7. The van der Waals surface area contributed by atoms with Gasteiger partial charge in [-0.15, -0.1) is 0 Å². The molecular formula is C22H21N4O7+. The number of hydrogen-bond donors (Lipinski definition) is 3. The minimum absolute atomic E-state index is 0.00253. The van der Waals surface area contributed by atoms with Gasteiger partial charge < -0.3 is 19.9 Å². The Kier molecular flexibility index (Phi) is 7.73. The summed E-state index contributed by atoms with van der Waals surface area (Å²) in [5.74, 6) is -0.916. The van der Waals surface area contributed by atoms with Crippen molar-refractivity contribution in [1.82, 2.24) is 10.6 Å². The van der Waals surface area contributed by atoms with Gasteiger partial charge in [0, 0.05) is 18.6 Å². The fourth-order valence-electron chi connectivity index (χ4n) is 2.68. The first kappa shape index (κ1) is 23.0. The van der Waals surface area contributed by atoms with Gasteiger partial charge in [0.25, 0.3) is 6.20 Å². The van der Waals surface area contributed by atoms with Crippen molar-refractivity contribution >= 4 is 24.0 Å². The van der Waals surface area contributed by atoms with Crippen molar-refractivity contribution in [3.05, 3.63) is 79.0 Å². The van der Waals surface area contributed by atoms with E-state index in [1.165, 1.54) is 29.1 Å². The molecule has 1 atom stereocenters. The van der Waals surface area contributed by atoms with E-state index in [0.717, 1.165) is 5.69 Å². The molecule has 0 unspecified atom stereocenters. The van der Waals surface area contributed by atoms with Gasteiger partial charge in [-0.05, 0) is 22.4 Å². The first-order valence-corrected chi connectivity index (χ1v) is 9.73. The molecule has 0 fully saturated rings. The van der Waals surface area contributed by atoms with Crippen molar-refractivity contribution in [2.75, 3.05) is 11.9 Å². The van der Waals surface area contributed by atoms with Crippen LogP contribution in [0.1, 0.15) is 5.56 Å². The van der Waals surface area contributed by atoms with E-state index < -0.39 is 24.2 Å². The van der Waals surface area contributed by atoms with Gasteiger partial charge in [-0.25, -0.2) is 14.4 Å². The summed E-state index contributed by atoms with van der Waals surface area (Å²) in [5.41, 5.74) is 1.35. The number of nitrogens with one attached hydrogen (secondary N) is 2. The maximum Gasteiger partial charge on any atom is 0.419 e. The summed E-state index contributed by atoms with van der Waals surface area (Å²) >= 11 is 0. The number of carboxylic acid groups (broad SMARTS) is 1. The van der Waals surface area contributed by atoms with Crippen LogP contribution in [-0.4, -0.2) is 41.2 Å². The van der Waals surface area contributed by atoms with Gasteiger partial charge >= 0.3 is 24.0 Å². The number of carbonyl (C=O) groups excluding carboxylic acids is 2. The molecule has 11 nitrogen and oxygen atoms in total. The zero-order valence-corrected chi connectivity index (χ0v) is 17.3. The molecule has 170 valence electrons. The summed E-state index contributed by atoms with van der Waals surface area (Å²) in [6.45, 7) is 3.37. The molecule has 0 aliphatic rings. The van der Waals surface area contributed by atoms with E-state index >= 15 is 0 Å². The third kappa shape index (κ3) is 6.92. The molecule has 11 heteroatoms. The second kappa shape index (κ2) is 11.1. The summed E-state index contributed by atoms with van der Waals surface area (Å²) in [6, 6.07) is 14.1. The lowest BCUT2D eigenvalue weighted by atomic mass is 10.1. The number of amides is 2. The number of rotatable bonds is 9. The third-order valence-electron chi connectivity index (χ3n) is 4.21. The minimum atomic E-state index is -1.22. The normalized spacial score (nSPS) is 11.2. The number of alkyl carbamates (subject to hydrolysis) is 1. The predicted octanol–water partition coefficient (Wildman–Crippen LogP) is 2.47. The van der Waals surface area contributed by atoms with Crippen LogP contribution in [0, 0.1) is 0 Å². The molecule has 0 saturated heterocycles. The topological polar surface area (TPSA) is 144 Å². The number of para-hydroxylation sites is 1. The number of nitrogens with zero attached hydrogens (tertiary/aromatic N) is 2. The smallest absolute Gasteiger partial charge is 0.419 e. The fraction of sp³-hybridized carbons (Fsp3) is 0.136. The molecule has 0 saturated carbocycles. The molecule has 3 N–H and O–H groups in total. The van der Waals surface area contributed by atoms with Crippen LogP contribution in [0.5, 0.6) is 5.75 Å². The van der Waals surface area contributed by atoms with E-state index in [9.17, 15) is 19.5 Å². The SMILES string of the molecule is C=CCOC(=O)N[C@@H](Cc1ccc(OC(=O)Nc2c[n+](-c3ccccc3)no2)cc1)C(=O)O. The fourth-order valence-corrected chi connectivity index (χ4v) is 2.68. The van der Waals surface area contributed by atoms with E-state index in [-0.39, 0.29) is 24.7 Å². The van der Waals surface area contributed by atoms with Crippen LogP contribution >= 0.6 is 0 Å². The monoisotopic (exact) mass is 453 g/mol. The van der Waals surface area contributed by atoms with Crippen molar-refractivity contribution in [3.8, 4) is 11.4 Å². The Morgan fingerprint density at radius 1 is 1.12 bits per heavy atom. The summed E-state index contributed by atoms with van der Waals surface area (Å²) in [5, 5.41) is 17.8. The van der Waals surface area contributed by atoms with Crippen LogP contribution in [0.15, 0.2) is 78.0 Å². The highest BCUT2D eigenvalue weighted by Crippen LogP contribution is 2.15. The molecule has 2 amide bonds. The number of carboxylic acids is 1. The van der Waals surface area contributed by atoms with Gasteiger partial charge in [0.2, 0.25) is 11.0 Å². The minimum Gasteiger partial charge on any atom is -0.480 e. The predicted molar refractivity (Wildman–Crippen MR) is 114 cm³/mol. The molecule has 0 radical (unpaired) electrons. The second-order valence-electron chi connectivity index (χ2n) is 6.63. The first-order valence-electron chi connectivity index (χ1n) is 9.73. The van der Waals surface area contributed by atoms with Gasteiger partial charge in [-0.3, -0.25) is 9.84 Å². The van der Waals surface area contributed by atoms with E-state index in [2.05, 4.69) is 22.5 Å². The second-order valence-corrected chi connectivity index (χ2v) is 6.63. The van der Waals surface area contributed by atoms with Crippen LogP contribution in [0.3, 0.4) is 0 Å². The third-order valence-corrected chi connectivity index (χ3v) is 4.21. The maximum absolute atomic E-state index is 12.1. The molecular weight excluding hydrogens is 432 g/mol. The summed E-state index contributed by atoms with van der Waals surface area (Å²) < 4.78 is 16.4. The molecule has 3 aromatic rings. The number of anilines is 1. The van der Waals surface area contributed by atoms with E-state index in [4.69, 9.17) is 14.0 Å². The quantitative estimate of drug-likeness (QED) is 0.331. The average Bonchev–Trinajstić information content (AvgIpc) is 3.27. The van der Waals surface area contributed by atoms with Crippen LogP contribution in [0.25, 0.3) is 5.69 Å². The maximum atomic E-state index is 12.1. The summed E-state index contributed by atoms with van der Waals surface area (Å²) in [7, 11) is 0. The highest BCUT2D eigenvalue weighted by molar-refractivity contribution is 5.84. The van der Waals surface area contributed by atoms with Gasteiger partial charge in [0.05, 0.1) is 0 Å². The highest BCUT2D eigenvalue weighted by atomic mass is 16.6. The van der Waals surface area contributed by atoms with Gasteiger partial charge in [-0.2, -0.15) is 0 Å². The molecule has 0 aliphatic heterocycles. The van der Waals surface area contributed by atoms with Crippen molar-refractivity contribution < 1.29 is 38.2 Å². The first-order chi connectivity index (χ1) is 15.9. The molecule has 0 bridgehead atoms. The van der Waals surface area contributed by atoms with E-state index in [0.29, 0.717) is 5.56 Å². The lowest BCUT2D eigenvalue weighted by Crippen LogP contribution is -2.42. The Balaban J connectivity index is 1.53. The highest BCUT2D eigenvalue weighted by Gasteiger charge is 2.21. The van der Waals surface area contributed by atoms with Crippen LogP contribution < -0.4 is 20.1 Å². The molecule has 1 aromatic heterocycles. The molecule has 2 aromatic carbocycles. The molecule has 1 heterocycles. The van der Waals surface area contributed by atoms with Crippen molar-refractivity contribution in [2.24, 2.45) is 0 Å². The standard InChI is InChI=1S/C22H20N4O7/c1-2-12-31-21(29)23-18(20(27)28)13-15-8-10-17(11-9-15)32-22(30)24-19-14-26(25-33-19)16-6-4-3-5-7-16/h2-11,14,18H,1,12-13H2,(H2-,23,24,25,27,28,29,30)/p+1/t18-/m0/s1. The zero-order chi connectivity index (χ0) is 23.6. The van der Waals surface area contributed by atoms with Crippen molar-refractivity contribution in [1.29, 1.82) is 0 Å². The Bertz CT molecular complexity index is 1110. The molecule has 0 spiro atoms. The van der Waals surface area contributed by atoms with Gasteiger partial charge in [0.15, 0.2) is 0 Å². The number of ether oxygens (including phenoxy) is 2. The van der Waals surface area contributed by atoms with Gasteiger partial charge in [-0.1, -0.05) is 43.0 Å². The molecule has 3 rings (SSSR count). The molecule has 0 aliphatic carbocycles. The van der Waals surface area contributed by atoms with Gasteiger partial charge in [0.1, 0.15) is 18.4 Å². The van der Waals surface area contributed by atoms with Crippen LogP contribution in [0.4, 0.5) is 15.5 Å². The Hall–Kier alpha value is -4.67. The summed E-state index contributed by atoms with van der Waals surface area (Å²) in [6.07, 6.45) is 1.20. The Labute approximate surface area is 188 Å². The lowest BCUT2D eigenvalue weighted by molar-refractivity contribution is -0.670. The lowest BCUT2D eigenvalue weighted by Gasteiger charge is -2.14. The van der Waals surface area contributed by atoms with E-state index in [1.54, 1.807) is 12.1 Å². The van der Waals surface area contributed by atoms with Crippen molar-refractivity contribution in [3.63, 3.8) is 0 Å². The van der Waals surface area contributed by atoms with Crippen LogP contribution in [-0.2, 0) is 16.0 Å². The Morgan fingerprint density at radius 3 is 2.52 bits per heavy atom. The van der Waals surface area contributed by atoms with Crippen molar-refractivity contribution in [2.45, 2.75) is 12.5 Å². The largest absolute Gasteiger partial charge is 0.480 e. The number of carbonyl (C=O) groups is 3. The average molecular weight is 453 g/mol. The Morgan fingerprint density at radius 2 is 1.85 bits per heavy atom. The number of benzene rings is 2. The summed E-state index contributed by atoms with van der Waals surface area (Å²) in [4.78, 5) is 35.1.